The molecule has 2 aliphatic rings. The summed E-state index contributed by atoms with van der Waals surface area (Å²) in [5.74, 6) is 0.512. The third-order valence-electron chi connectivity index (χ3n) is 7.52. The van der Waals surface area contributed by atoms with Crippen LogP contribution < -0.4 is 15.4 Å². The van der Waals surface area contributed by atoms with E-state index in [0.29, 0.717) is 42.3 Å². The van der Waals surface area contributed by atoms with Crippen molar-refractivity contribution in [2.24, 2.45) is 12.8 Å². The van der Waals surface area contributed by atoms with Gasteiger partial charge < -0.3 is 34.5 Å². The second kappa shape index (κ2) is 9.10. The molecule has 2 aliphatic heterocycles. The maximum atomic E-state index is 14.1. The van der Waals surface area contributed by atoms with Gasteiger partial charge in [0.15, 0.2) is 5.82 Å². The van der Waals surface area contributed by atoms with Crippen molar-refractivity contribution < 1.29 is 23.8 Å². The number of likely N-dealkylation sites (tertiary alicyclic amines) is 1. The molecular formula is C27H29FN6O4. The molecule has 38 heavy (non-hydrogen) atoms. The average molecular weight is 521 g/mol. The Hall–Kier alpha value is -3.96. The van der Waals surface area contributed by atoms with Gasteiger partial charge in [-0.05, 0) is 30.7 Å². The van der Waals surface area contributed by atoms with Gasteiger partial charge in [0.05, 0.1) is 36.1 Å². The van der Waals surface area contributed by atoms with Gasteiger partial charge in [-0.25, -0.2) is 9.37 Å². The Labute approximate surface area is 218 Å². The molecule has 6 rings (SSSR count). The minimum absolute atomic E-state index is 0.0125. The highest BCUT2D eigenvalue weighted by Gasteiger charge is 2.31. The Balaban J connectivity index is 1.47. The summed E-state index contributed by atoms with van der Waals surface area (Å²) >= 11 is 0. The van der Waals surface area contributed by atoms with Crippen molar-refractivity contribution in [3.63, 3.8) is 0 Å². The summed E-state index contributed by atoms with van der Waals surface area (Å²) in [6, 6.07) is 10.7. The lowest BCUT2D eigenvalue weighted by molar-refractivity contribution is -0.121. The summed E-state index contributed by atoms with van der Waals surface area (Å²) in [6.45, 7) is 0.715. The number of aliphatic hydroxyl groups excluding tert-OH is 1. The van der Waals surface area contributed by atoms with Crippen LogP contribution >= 0.6 is 0 Å². The standard InChI is InChI=1S/C27H29FN6O4/c1-31-25-19(8-16(10-22(25)38-2)27(37)32-12-17(28)11-18(29)13-32)30-26(31)21-9-15-4-3-5-20-24(15)34(21)7-6-33(20)23(36)14-35/h3-5,8-10,17-18,35H,6-7,11-14,29H2,1-2H3/t17-,18-/m1/s1. The molecular weight excluding hydrogens is 491 g/mol. The molecule has 2 aromatic carbocycles. The fourth-order valence-corrected chi connectivity index (χ4v) is 5.85. The first-order chi connectivity index (χ1) is 18.3. The highest BCUT2D eigenvalue weighted by Crippen LogP contribution is 2.39. The first-order valence-electron chi connectivity index (χ1n) is 12.6. The molecule has 0 unspecified atom stereocenters. The number of imidazole rings is 1. The number of carbonyl (C=O) groups excluding carboxylic acids is 2. The molecule has 0 aliphatic carbocycles. The van der Waals surface area contributed by atoms with Gasteiger partial charge in [0.1, 0.15) is 24.0 Å². The predicted molar refractivity (Wildman–Crippen MR) is 141 cm³/mol. The lowest BCUT2D eigenvalue weighted by Crippen LogP contribution is -2.50. The molecule has 1 saturated heterocycles. The molecule has 10 nitrogen and oxygen atoms in total. The van der Waals surface area contributed by atoms with E-state index < -0.39 is 18.8 Å². The quantitative estimate of drug-likeness (QED) is 0.425. The highest BCUT2D eigenvalue weighted by atomic mass is 19.1. The van der Waals surface area contributed by atoms with Gasteiger partial charge >= 0.3 is 0 Å². The topological polar surface area (TPSA) is 119 Å². The monoisotopic (exact) mass is 520 g/mol. The number of ether oxygens (including phenoxy) is 1. The zero-order valence-electron chi connectivity index (χ0n) is 21.2. The molecule has 2 atom stereocenters. The van der Waals surface area contributed by atoms with Crippen LogP contribution in [0.4, 0.5) is 10.1 Å². The zero-order valence-corrected chi connectivity index (χ0v) is 21.2. The van der Waals surface area contributed by atoms with Crippen LogP contribution in [0.15, 0.2) is 36.4 Å². The van der Waals surface area contributed by atoms with E-state index in [1.807, 2.05) is 35.9 Å². The van der Waals surface area contributed by atoms with E-state index in [9.17, 15) is 19.1 Å². The molecule has 2 amide bonds. The number of fused-ring (bicyclic) bond motifs is 1. The van der Waals surface area contributed by atoms with E-state index in [2.05, 4.69) is 4.57 Å². The Bertz CT molecular complexity index is 1580. The van der Waals surface area contributed by atoms with E-state index in [1.165, 1.54) is 4.90 Å². The normalized spacial score (nSPS) is 19.4. The minimum Gasteiger partial charge on any atom is -0.494 e. The molecule has 3 N–H and O–H groups in total. The van der Waals surface area contributed by atoms with Crippen LogP contribution in [0.25, 0.3) is 33.5 Å². The Kier molecular flexibility index (Phi) is 5.84. The molecule has 0 bridgehead atoms. The van der Waals surface area contributed by atoms with Gasteiger partial charge in [0, 0.05) is 43.7 Å². The van der Waals surface area contributed by atoms with Gasteiger partial charge in [-0.15, -0.1) is 0 Å². The van der Waals surface area contributed by atoms with Crippen molar-refractivity contribution in [2.45, 2.75) is 25.2 Å². The summed E-state index contributed by atoms with van der Waals surface area (Å²) in [7, 11) is 3.43. The molecule has 4 heterocycles. The second-order valence-electron chi connectivity index (χ2n) is 9.94. The summed E-state index contributed by atoms with van der Waals surface area (Å²) in [6.07, 6.45) is -0.902. The summed E-state index contributed by atoms with van der Waals surface area (Å²) < 4.78 is 23.9. The van der Waals surface area contributed by atoms with Crippen molar-refractivity contribution in [1.29, 1.82) is 0 Å². The summed E-state index contributed by atoms with van der Waals surface area (Å²) in [4.78, 5) is 33.6. The number of hydrogen-bond acceptors (Lipinski definition) is 6. The number of piperidine rings is 1. The van der Waals surface area contributed by atoms with Gasteiger partial charge in [-0.3, -0.25) is 9.59 Å². The molecule has 4 aromatic rings. The third-order valence-corrected chi connectivity index (χ3v) is 7.52. The molecule has 1 fully saturated rings. The number of carbonyl (C=O) groups is 2. The van der Waals surface area contributed by atoms with Gasteiger partial charge in [-0.1, -0.05) is 12.1 Å². The maximum absolute atomic E-state index is 14.1. The lowest BCUT2D eigenvalue weighted by atomic mass is 10.0. The predicted octanol–water partition coefficient (Wildman–Crippen LogP) is 2.05. The first kappa shape index (κ1) is 24.4. The number of methoxy groups -OCH3 is 1. The summed E-state index contributed by atoms with van der Waals surface area (Å²) in [5.41, 5.74) is 10.1. The van der Waals surface area contributed by atoms with E-state index in [1.54, 1.807) is 24.1 Å². The van der Waals surface area contributed by atoms with E-state index in [0.717, 1.165) is 27.8 Å². The van der Waals surface area contributed by atoms with Crippen LogP contribution in [0.2, 0.25) is 0 Å². The van der Waals surface area contributed by atoms with Crippen molar-refractivity contribution in [3.05, 3.63) is 42.0 Å². The van der Waals surface area contributed by atoms with E-state index >= 15 is 0 Å². The molecule has 198 valence electrons. The number of anilines is 1. The number of rotatable bonds is 4. The first-order valence-corrected chi connectivity index (χ1v) is 12.6. The van der Waals surface area contributed by atoms with Crippen LogP contribution in [-0.4, -0.2) is 81.5 Å². The van der Waals surface area contributed by atoms with Gasteiger partial charge in [0.25, 0.3) is 11.8 Å². The maximum Gasteiger partial charge on any atom is 0.254 e. The van der Waals surface area contributed by atoms with Crippen molar-refractivity contribution in [2.75, 3.05) is 38.3 Å². The molecule has 0 spiro atoms. The molecule has 0 radical (unpaired) electrons. The number of hydrogen-bond donors (Lipinski definition) is 2. The largest absolute Gasteiger partial charge is 0.494 e. The molecule has 2 aromatic heterocycles. The number of para-hydroxylation sites is 1. The van der Waals surface area contributed by atoms with Crippen LogP contribution in [0, 0.1) is 0 Å². The Morgan fingerprint density at radius 2 is 2.00 bits per heavy atom. The number of amides is 2. The summed E-state index contributed by atoms with van der Waals surface area (Å²) in [5, 5.41) is 10.4. The number of nitrogens with zero attached hydrogens (tertiary/aromatic N) is 5. The van der Waals surface area contributed by atoms with Crippen LogP contribution in [0.3, 0.4) is 0 Å². The van der Waals surface area contributed by atoms with Crippen LogP contribution in [-0.2, 0) is 18.4 Å². The smallest absolute Gasteiger partial charge is 0.254 e. The van der Waals surface area contributed by atoms with Crippen molar-refractivity contribution in [1.82, 2.24) is 19.0 Å². The Morgan fingerprint density at radius 3 is 2.74 bits per heavy atom. The fourth-order valence-electron chi connectivity index (χ4n) is 5.85. The SMILES string of the molecule is COc1cc(C(=O)N2C[C@H](N)C[C@@H](F)C2)cc2nc(-c3cc4cccc5c4n3CCN5C(=O)CO)n(C)c12. The van der Waals surface area contributed by atoms with E-state index in [-0.39, 0.29) is 24.8 Å². The van der Waals surface area contributed by atoms with Crippen LogP contribution in [0.1, 0.15) is 16.8 Å². The highest BCUT2D eigenvalue weighted by molar-refractivity contribution is 6.05. The van der Waals surface area contributed by atoms with Crippen molar-refractivity contribution >= 4 is 39.4 Å². The number of halogens is 1. The van der Waals surface area contributed by atoms with Crippen LogP contribution in [0.5, 0.6) is 5.75 Å². The average Bonchev–Trinajstić information content (AvgIpc) is 3.45. The minimum atomic E-state index is -1.15. The number of nitrogens with two attached hydrogens (primary N) is 1. The lowest BCUT2D eigenvalue weighted by Gasteiger charge is -2.33. The second-order valence-corrected chi connectivity index (χ2v) is 9.94. The fraction of sp³-hybridized carbons (Fsp3) is 0.370. The van der Waals surface area contributed by atoms with E-state index in [4.69, 9.17) is 15.5 Å². The van der Waals surface area contributed by atoms with Crippen molar-refractivity contribution in [3.8, 4) is 17.3 Å². The van der Waals surface area contributed by atoms with Gasteiger partial charge in [0.2, 0.25) is 0 Å². The number of aryl methyl sites for hydroxylation is 1. The number of benzene rings is 2. The number of alkyl halides is 1. The zero-order chi connectivity index (χ0) is 26.7. The number of aromatic nitrogens is 3. The Morgan fingerprint density at radius 1 is 1.18 bits per heavy atom. The van der Waals surface area contributed by atoms with Gasteiger partial charge in [-0.2, -0.15) is 0 Å². The third kappa shape index (κ3) is 3.72. The molecule has 11 heteroatoms. The molecule has 0 saturated carbocycles. The number of aliphatic hydroxyl groups is 1.